The maximum absolute atomic E-state index is 11.5. The van der Waals surface area contributed by atoms with Crippen molar-refractivity contribution in [2.75, 3.05) is 7.11 Å². The molecule has 22 heavy (non-hydrogen) atoms. The number of carboxylic acids is 1. The Balaban J connectivity index is 2.21. The average Bonchev–Trinajstić information content (AvgIpc) is 2.53. The van der Waals surface area contributed by atoms with Crippen molar-refractivity contribution in [1.29, 1.82) is 0 Å². The fraction of sp³-hybridized carbons (Fsp3) is 0.111. The van der Waals surface area contributed by atoms with Crippen molar-refractivity contribution in [3.05, 3.63) is 59.7 Å². The molecule has 1 aromatic heterocycles. The molecule has 0 saturated carbocycles. The van der Waals surface area contributed by atoms with Crippen LogP contribution in [0.2, 0.25) is 0 Å². The van der Waals surface area contributed by atoms with Crippen molar-refractivity contribution in [2.24, 2.45) is 0 Å². The van der Waals surface area contributed by atoms with Gasteiger partial charge in [-0.25, -0.2) is 4.98 Å². The Labute approximate surface area is 128 Å². The third-order valence-electron chi connectivity index (χ3n) is 3.57. The van der Waals surface area contributed by atoms with Crippen LogP contribution in [0.4, 0.5) is 0 Å². The quantitative estimate of drug-likeness (QED) is 0.744. The van der Waals surface area contributed by atoms with Crippen LogP contribution in [0, 0.1) is 6.92 Å². The smallest absolute Gasteiger partial charge is 0.118 e. The zero-order valence-electron chi connectivity index (χ0n) is 12.3. The molecule has 3 rings (SSSR count). The number of aromatic carboxylic acids is 1. The highest BCUT2D eigenvalue weighted by Gasteiger charge is 2.09. The number of carboxylic acid groups (broad SMARTS) is 1. The lowest BCUT2D eigenvalue weighted by Crippen LogP contribution is -2.22. The SMILES string of the molecule is COc1ccc(-c2cc(C(=O)[O-])c3cc(C)ccc3n2)cc1. The van der Waals surface area contributed by atoms with Crippen molar-refractivity contribution in [2.45, 2.75) is 6.92 Å². The van der Waals surface area contributed by atoms with Gasteiger partial charge in [0, 0.05) is 16.5 Å². The Morgan fingerprint density at radius 1 is 1.09 bits per heavy atom. The Hall–Kier alpha value is -2.88. The summed E-state index contributed by atoms with van der Waals surface area (Å²) in [5, 5.41) is 12.0. The number of carbonyl (C=O) groups is 1. The maximum Gasteiger partial charge on any atom is 0.118 e. The van der Waals surface area contributed by atoms with Gasteiger partial charge in [-0.3, -0.25) is 0 Å². The summed E-state index contributed by atoms with van der Waals surface area (Å²) in [4.78, 5) is 16.0. The molecule has 0 aliphatic heterocycles. The van der Waals surface area contributed by atoms with Crippen LogP contribution in [0.1, 0.15) is 15.9 Å². The second-order valence-corrected chi connectivity index (χ2v) is 5.09. The number of benzene rings is 2. The highest BCUT2D eigenvalue weighted by atomic mass is 16.5. The Morgan fingerprint density at radius 3 is 2.45 bits per heavy atom. The highest BCUT2D eigenvalue weighted by Crippen LogP contribution is 2.26. The second-order valence-electron chi connectivity index (χ2n) is 5.09. The van der Waals surface area contributed by atoms with Crippen LogP contribution in [0.25, 0.3) is 22.2 Å². The minimum Gasteiger partial charge on any atom is -0.545 e. The molecule has 0 radical (unpaired) electrons. The van der Waals surface area contributed by atoms with E-state index in [4.69, 9.17) is 4.74 Å². The highest BCUT2D eigenvalue weighted by molar-refractivity contribution is 6.03. The first-order chi connectivity index (χ1) is 10.6. The molecule has 0 saturated heterocycles. The number of methoxy groups -OCH3 is 1. The monoisotopic (exact) mass is 292 g/mol. The van der Waals surface area contributed by atoms with Gasteiger partial charge < -0.3 is 14.6 Å². The van der Waals surface area contributed by atoms with Gasteiger partial charge in [-0.05, 0) is 49.4 Å². The lowest BCUT2D eigenvalue weighted by atomic mass is 10.0. The van der Waals surface area contributed by atoms with Gasteiger partial charge in [0.25, 0.3) is 0 Å². The van der Waals surface area contributed by atoms with Gasteiger partial charge in [-0.2, -0.15) is 0 Å². The van der Waals surface area contributed by atoms with E-state index in [2.05, 4.69) is 4.98 Å². The summed E-state index contributed by atoms with van der Waals surface area (Å²) in [5.74, 6) is -0.465. The minimum absolute atomic E-state index is 0.152. The van der Waals surface area contributed by atoms with Crippen LogP contribution < -0.4 is 9.84 Å². The number of aryl methyl sites for hydroxylation is 1. The molecule has 0 N–H and O–H groups in total. The molecular formula is C18H14NO3-. The average molecular weight is 292 g/mol. The number of pyridine rings is 1. The van der Waals surface area contributed by atoms with E-state index in [0.29, 0.717) is 16.6 Å². The number of rotatable bonds is 3. The zero-order valence-corrected chi connectivity index (χ0v) is 12.3. The Kier molecular flexibility index (Phi) is 3.51. The van der Waals surface area contributed by atoms with E-state index >= 15 is 0 Å². The number of ether oxygens (including phenoxy) is 1. The molecule has 3 aromatic rings. The fourth-order valence-corrected chi connectivity index (χ4v) is 2.42. The first-order valence-corrected chi connectivity index (χ1v) is 6.85. The second kappa shape index (κ2) is 5.48. The van der Waals surface area contributed by atoms with Crippen LogP contribution in [0.3, 0.4) is 0 Å². The van der Waals surface area contributed by atoms with E-state index in [9.17, 15) is 9.90 Å². The van der Waals surface area contributed by atoms with Crippen LogP contribution in [0.5, 0.6) is 5.75 Å². The third-order valence-corrected chi connectivity index (χ3v) is 3.57. The van der Waals surface area contributed by atoms with Gasteiger partial charge in [0.2, 0.25) is 0 Å². The van der Waals surface area contributed by atoms with E-state index in [-0.39, 0.29) is 5.56 Å². The molecular weight excluding hydrogens is 278 g/mol. The Bertz CT molecular complexity index is 854. The minimum atomic E-state index is -1.20. The molecule has 4 nitrogen and oxygen atoms in total. The molecule has 0 atom stereocenters. The normalized spacial score (nSPS) is 10.6. The molecule has 0 aliphatic carbocycles. The van der Waals surface area contributed by atoms with Crippen molar-refractivity contribution in [1.82, 2.24) is 4.98 Å². The third kappa shape index (κ3) is 2.51. The molecule has 2 aromatic carbocycles. The van der Waals surface area contributed by atoms with Gasteiger partial charge in [0.15, 0.2) is 0 Å². The van der Waals surface area contributed by atoms with Gasteiger partial charge in [-0.1, -0.05) is 11.6 Å². The van der Waals surface area contributed by atoms with Gasteiger partial charge >= 0.3 is 0 Å². The van der Waals surface area contributed by atoms with Crippen molar-refractivity contribution in [3.63, 3.8) is 0 Å². The summed E-state index contributed by atoms with van der Waals surface area (Å²) in [6.07, 6.45) is 0. The van der Waals surface area contributed by atoms with Crippen LogP contribution in [-0.4, -0.2) is 18.1 Å². The van der Waals surface area contributed by atoms with Crippen molar-refractivity contribution >= 4 is 16.9 Å². The van der Waals surface area contributed by atoms with E-state index in [1.54, 1.807) is 13.2 Å². The van der Waals surface area contributed by atoms with E-state index in [0.717, 1.165) is 16.9 Å². The van der Waals surface area contributed by atoms with Crippen molar-refractivity contribution in [3.8, 4) is 17.0 Å². The fourth-order valence-electron chi connectivity index (χ4n) is 2.42. The van der Waals surface area contributed by atoms with E-state index in [1.807, 2.05) is 49.4 Å². The van der Waals surface area contributed by atoms with Crippen molar-refractivity contribution < 1.29 is 14.6 Å². The number of aromatic nitrogens is 1. The molecule has 4 heteroatoms. The molecule has 110 valence electrons. The predicted molar refractivity (Wildman–Crippen MR) is 82.8 cm³/mol. The molecule has 0 unspecified atom stereocenters. The molecule has 0 spiro atoms. The van der Waals surface area contributed by atoms with Crippen LogP contribution in [-0.2, 0) is 0 Å². The molecule has 0 amide bonds. The van der Waals surface area contributed by atoms with Crippen LogP contribution >= 0.6 is 0 Å². The topological polar surface area (TPSA) is 62.2 Å². The number of hydrogen-bond acceptors (Lipinski definition) is 4. The summed E-state index contributed by atoms with van der Waals surface area (Å²) in [7, 11) is 1.60. The number of carbonyl (C=O) groups excluding carboxylic acids is 1. The molecule has 0 aliphatic rings. The summed E-state index contributed by atoms with van der Waals surface area (Å²) in [6.45, 7) is 1.91. The van der Waals surface area contributed by atoms with Crippen LogP contribution in [0.15, 0.2) is 48.5 Å². The predicted octanol–water partition coefficient (Wildman–Crippen LogP) is 2.58. The largest absolute Gasteiger partial charge is 0.545 e. The zero-order chi connectivity index (χ0) is 15.7. The lowest BCUT2D eigenvalue weighted by Gasteiger charge is -2.11. The summed E-state index contributed by atoms with van der Waals surface area (Å²) in [6, 6.07) is 14.4. The molecule has 0 bridgehead atoms. The van der Waals surface area contributed by atoms with Gasteiger partial charge in [-0.15, -0.1) is 0 Å². The standard InChI is InChI=1S/C18H15NO3/c1-11-3-8-16-14(9-11)15(18(20)21)10-17(19-16)12-4-6-13(22-2)7-5-12/h3-10H,1-2H3,(H,20,21)/p-1. The molecule has 1 heterocycles. The number of nitrogens with zero attached hydrogens (tertiary/aromatic N) is 1. The first-order valence-electron chi connectivity index (χ1n) is 6.85. The summed E-state index contributed by atoms with van der Waals surface area (Å²) < 4.78 is 5.13. The lowest BCUT2D eigenvalue weighted by molar-refractivity contribution is -0.254. The van der Waals surface area contributed by atoms with E-state index < -0.39 is 5.97 Å². The molecule has 0 fully saturated rings. The summed E-state index contributed by atoms with van der Waals surface area (Å²) >= 11 is 0. The maximum atomic E-state index is 11.5. The van der Waals surface area contributed by atoms with Gasteiger partial charge in [0.05, 0.1) is 24.3 Å². The van der Waals surface area contributed by atoms with Gasteiger partial charge in [0.1, 0.15) is 5.75 Å². The number of hydrogen-bond donors (Lipinski definition) is 0. The number of fused-ring (bicyclic) bond motifs is 1. The first kappa shape index (κ1) is 14.1. The summed E-state index contributed by atoms with van der Waals surface area (Å²) in [5.41, 5.74) is 3.19. The Morgan fingerprint density at radius 2 is 1.82 bits per heavy atom. The van der Waals surface area contributed by atoms with E-state index in [1.165, 1.54) is 0 Å².